The summed E-state index contributed by atoms with van der Waals surface area (Å²) in [5.41, 5.74) is 0.512. The summed E-state index contributed by atoms with van der Waals surface area (Å²) in [7, 11) is 0. The highest BCUT2D eigenvalue weighted by Crippen LogP contribution is 2.32. The summed E-state index contributed by atoms with van der Waals surface area (Å²) in [5.74, 6) is -0.119. The summed E-state index contributed by atoms with van der Waals surface area (Å²) >= 11 is 1.30. The summed E-state index contributed by atoms with van der Waals surface area (Å²) in [5, 5.41) is 1.75. The van der Waals surface area contributed by atoms with Gasteiger partial charge in [-0.15, -0.1) is 11.3 Å². The van der Waals surface area contributed by atoms with E-state index in [-0.39, 0.29) is 12.0 Å². The molecule has 0 unspecified atom stereocenters. The highest BCUT2D eigenvalue weighted by molar-refractivity contribution is 7.15. The zero-order chi connectivity index (χ0) is 21.3. The fraction of sp³-hybridized carbons (Fsp3) is 0.429. The second-order valence-electron chi connectivity index (χ2n) is 7.36. The molecule has 1 aliphatic rings. The lowest BCUT2D eigenvalue weighted by molar-refractivity contribution is -0.137. The Hall–Kier alpha value is -2.39. The van der Waals surface area contributed by atoms with E-state index in [0.29, 0.717) is 35.0 Å². The molecule has 1 aromatic carbocycles. The second kappa shape index (κ2) is 8.39. The quantitative estimate of drug-likeness (QED) is 0.538. The first-order valence-electron chi connectivity index (χ1n) is 9.92. The number of ether oxygens (including phenoxy) is 1. The molecule has 4 rings (SSSR count). The highest BCUT2D eigenvalue weighted by atomic mass is 32.1. The Bertz CT molecular complexity index is 1040. The Labute approximate surface area is 176 Å². The van der Waals surface area contributed by atoms with E-state index in [9.17, 15) is 18.0 Å². The molecule has 5 nitrogen and oxygen atoms in total. The molecule has 0 aliphatic carbocycles. The van der Waals surface area contributed by atoms with E-state index in [1.165, 1.54) is 17.4 Å². The van der Waals surface area contributed by atoms with Crippen molar-refractivity contribution in [1.82, 2.24) is 14.3 Å². The number of alkyl halides is 3. The van der Waals surface area contributed by atoms with Gasteiger partial charge in [-0.1, -0.05) is 19.1 Å². The monoisotopic (exact) mass is 437 g/mol. The number of imidazole rings is 1. The Balaban J connectivity index is 1.63. The van der Waals surface area contributed by atoms with Crippen LogP contribution in [-0.2, 0) is 10.9 Å². The van der Waals surface area contributed by atoms with Gasteiger partial charge in [-0.25, -0.2) is 4.98 Å². The molecule has 0 bridgehead atoms. The Morgan fingerprint density at radius 3 is 2.93 bits per heavy atom. The van der Waals surface area contributed by atoms with Crippen molar-refractivity contribution < 1.29 is 22.7 Å². The number of rotatable bonds is 6. The number of carbonyl (C=O) groups is 1. The standard InChI is InChI=1S/C21H22F3N3O2S/c1-2-8-26(11-16-7-4-9-29-16)19(28)18-13-30-20-25-17(12-27(18)20)14-5-3-6-15(10-14)21(22,23)24/h3,5-6,10,12-13,16H,2,4,7-9,11H2,1H3/t16-/m1/s1. The predicted octanol–water partition coefficient (Wildman–Crippen LogP) is 5.11. The van der Waals surface area contributed by atoms with Crippen molar-refractivity contribution in [3.8, 4) is 11.3 Å². The van der Waals surface area contributed by atoms with E-state index in [0.717, 1.165) is 38.0 Å². The minimum absolute atomic E-state index is 0.0538. The lowest BCUT2D eigenvalue weighted by Gasteiger charge is -2.24. The molecule has 3 aromatic rings. The van der Waals surface area contributed by atoms with Crippen LogP contribution in [0.5, 0.6) is 0 Å². The molecular weight excluding hydrogens is 415 g/mol. The minimum atomic E-state index is -4.42. The van der Waals surface area contributed by atoms with Crippen molar-refractivity contribution in [2.75, 3.05) is 19.7 Å². The first-order chi connectivity index (χ1) is 14.4. The molecule has 0 radical (unpaired) electrons. The molecule has 1 saturated heterocycles. The topological polar surface area (TPSA) is 46.8 Å². The number of thiazole rings is 1. The van der Waals surface area contributed by atoms with E-state index in [1.54, 1.807) is 26.9 Å². The maximum absolute atomic E-state index is 13.2. The molecule has 0 spiro atoms. The molecule has 3 heterocycles. The van der Waals surface area contributed by atoms with Crippen molar-refractivity contribution >= 4 is 22.2 Å². The first-order valence-corrected chi connectivity index (χ1v) is 10.8. The van der Waals surface area contributed by atoms with Gasteiger partial charge >= 0.3 is 6.18 Å². The summed E-state index contributed by atoms with van der Waals surface area (Å²) < 4.78 is 46.5. The summed E-state index contributed by atoms with van der Waals surface area (Å²) in [6.07, 6.45) is 0.0338. The first kappa shape index (κ1) is 20.9. The van der Waals surface area contributed by atoms with Crippen LogP contribution in [0.1, 0.15) is 42.2 Å². The van der Waals surface area contributed by atoms with Crippen LogP contribution in [0.15, 0.2) is 35.8 Å². The number of benzene rings is 1. The third-order valence-corrected chi connectivity index (χ3v) is 5.98. The molecule has 1 aliphatic heterocycles. The van der Waals surface area contributed by atoms with Gasteiger partial charge in [0.15, 0.2) is 4.96 Å². The number of carbonyl (C=O) groups excluding carboxylic acids is 1. The fourth-order valence-electron chi connectivity index (χ4n) is 3.67. The number of nitrogens with zero attached hydrogens (tertiary/aromatic N) is 3. The molecule has 0 saturated carbocycles. The Kier molecular flexibility index (Phi) is 5.84. The van der Waals surface area contributed by atoms with Crippen LogP contribution in [0.3, 0.4) is 0 Å². The van der Waals surface area contributed by atoms with Crippen molar-refractivity contribution in [3.05, 3.63) is 47.1 Å². The molecule has 30 heavy (non-hydrogen) atoms. The van der Waals surface area contributed by atoms with Gasteiger partial charge in [0.1, 0.15) is 5.69 Å². The van der Waals surface area contributed by atoms with Gasteiger partial charge in [0, 0.05) is 36.8 Å². The summed E-state index contributed by atoms with van der Waals surface area (Å²) in [6.45, 7) is 3.90. The van der Waals surface area contributed by atoms with E-state index in [2.05, 4.69) is 4.98 Å². The number of hydrogen-bond donors (Lipinski definition) is 0. The van der Waals surface area contributed by atoms with Gasteiger partial charge in [-0.2, -0.15) is 13.2 Å². The van der Waals surface area contributed by atoms with E-state index in [4.69, 9.17) is 4.74 Å². The highest BCUT2D eigenvalue weighted by Gasteiger charge is 2.31. The third kappa shape index (κ3) is 4.22. The fourth-order valence-corrected chi connectivity index (χ4v) is 4.52. The average molecular weight is 437 g/mol. The molecule has 2 aromatic heterocycles. The molecular formula is C21H22F3N3O2S. The zero-order valence-corrected chi connectivity index (χ0v) is 17.3. The molecule has 0 N–H and O–H groups in total. The van der Waals surface area contributed by atoms with Crippen molar-refractivity contribution in [3.63, 3.8) is 0 Å². The number of fused-ring (bicyclic) bond motifs is 1. The van der Waals surface area contributed by atoms with Gasteiger partial charge in [-0.05, 0) is 31.4 Å². The van der Waals surface area contributed by atoms with Gasteiger partial charge in [0.25, 0.3) is 5.91 Å². The average Bonchev–Trinajstić information content (AvgIpc) is 3.44. The summed E-state index contributed by atoms with van der Waals surface area (Å²) in [4.78, 5) is 20.0. The van der Waals surface area contributed by atoms with Crippen LogP contribution < -0.4 is 0 Å². The molecule has 1 fully saturated rings. The second-order valence-corrected chi connectivity index (χ2v) is 8.20. The van der Waals surface area contributed by atoms with Crippen molar-refractivity contribution in [1.29, 1.82) is 0 Å². The smallest absolute Gasteiger partial charge is 0.376 e. The largest absolute Gasteiger partial charge is 0.416 e. The molecule has 160 valence electrons. The van der Waals surface area contributed by atoms with Crippen LogP contribution >= 0.6 is 11.3 Å². The normalized spacial score (nSPS) is 17.0. The van der Waals surface area contributed by atoms with Crippen molar-refractivity contribution in [2.45, 2.75) is 38.5 Å². The lowest BCUT2D eigenvalue weighted by Crippen LogP contribution is -2.38. The zero-order valence-electron chi connectivity index (χ0n) is 16.5. The number of aromatic nitrogens is 2. The van der Waals surface area contributed by atoms with E-state index in [1.807, 2.05) is 6.92 Å². The Morgan fingerprint density at radius 1 is 1.40 bits per heavy atom. The van der Waals surface area contributed by atoms with E-state index >= 15 is 0 Å². The van der Waals surface area contributed by atoms with Gasteiger partial charge in [0.05, 0.1) is 17.4 Å². The van der Waals surface area contributed by atoms with E-state index < -0.39 is 11.7 Å². The third-order valence-electron chi connectivity index (χ3n) is 5.14. The van der Waals surface area contributed by atoms with Gasteiger partial charge in [0.2, 0.25) is 0 Å². The Morgan fingerprint density at radius 2 is 2.23 bits per heavy atom. The van der Waals surface area contributed by atoms with Crippen LogP contribution in [0, 0.1) is 0 Å². The number of halogens is 3. The van der Waals surface area contributed by atoms with Crippen LogP contribution in [0.25, 0.3) is 16.2 Å². The van der Waals surface area contributed by atoms with Gasteiger partial charge < -0.3 is 9.64 Å². The van der Waals surface area contributed by atoms with Gasteiger partial charge in [-0.3, -0.25) is 9.20 Å². The molecule has 1 atom stereocenters. The number of amides is 1. The molecule has 9 heteroatoms. The van der Waals surface area contributed by atoms with Crippen molar-refractivity contribution in [2.24, 2.45) is 0 Å². The lowest BCUT2D eigenvalue weighted by atomic mass is 10.1. The minimum Gasteiger partial charge on any atom is -0.376 e. The summed E-state index contributed by atoms with van der Waals surface area (Å²) in [6, 6.07) is 5.06. The number of hydrogen-bond acceptors (Lipinski definition) is 4. The maximum atomic E-state index is 13.2. The predicted molar refractivity (Wildman–Crippen MR) is 109 cm³/mol. The van der Waals surface area contributed by atoms with Crippen LogP contribution in [0.4, 0.5) is 13.2 Å². The molecule has 1 amide bonds. The van der Waals surface area contributed by atoms with Crippen LogP contribution in [-0.4, -0.2) is 46.0 Å². The van der Waals surface area contributed by atoms with Crippen LogP contribution in [0.2, 0.25) is 0 Å². The maximum Gasteiger partial charge on any atom is 0.416 e. The SMILES string of the molecule is CCCN(C[C@H]1CCCO1)C(=O)c1csc2nc(-c3cccc(C(F)(F)F)c3)cn12.